The maximum atomic E-state index is 13.0. The van der Waals surface area contributed by atoms with Gasteiger partial charge < -0.3 is 14.7 Å². The number of hydrogen-bond donors (Lipinski definition) is 1. The number of rotatable bonds is 2. The van der Waals surface area contributed by atoms with E-state index >= 15 is 0 Å². The van der Waals surface area contributed by atoms with Crippen LogP contribution in [0.3, 0.4) is 0 Å². The monoisotopic (exact) mass is 338 g/mol. The topological polar surface area (TPSA) is 70.1 Å². The molecule has 0 bridgehead atoms. The Kier molecular flexibility index (Phi) is 4.31. The van der Waals surface area contributed by atoms with Crippen LogP contribution in [0.1, 0.15) is 23.2 Å². The van der Waals surface area contributed by atoms with E-state index in [0.29, 0.717) is 23.4 Å². The fraction of sp³-hybridized carbons (Fsp3) is 0.500. The third kappa shape index (κ3) is 2.94. The van der Waals surface area contributed by atoms with Crippen molar-refractivity contribution in [3.8, 4) is 0 Å². The Morgan fingerprint density at radius 3 is 2.65 bits per heavy atom. The molecular formula is C16H19ClN2O4. The Labute approximate surface area is 139 Å². The number of piperidine rings is 1. The molecular weight excluding hydrogens is 320 g/mol. The second kappa shape index (κ2) is 6.11. The summed E-state index contributed by atoms with van der Waals surface area (Å²) in [6, 6.07) is 5.60. The van der Waals surface area contributed by atoms with Gasteiger partial charge in [0.15, 0.2) is 6.04 Å². The van der Waals surface area contributed by atoms with E-state index in [1.807, 2.05) is 7.05 Å². The van der Waals surface area contributed by atoms with Crippen molar-refractivity contribution in [1.82, 2.24) is 9.80 Å². The lowest BCUT2D eigenvalue weighted by Crippen LogP contribution is -2.57. The molecule has 1 spiro atoms. The predicted molar refractivity (Wildman–Crippen MR) is 84.5 cm³/mol. The number of carbonyl (C=O) groups is 2. The largest absolute Gasteiger partial charge is 0.480 e. The normalized spacial score (nSPS) is 24.1. The highest BCUT2D eigenvalue weighted by Crippen LogP contribution is 2.38. The minimum absolute atomic E-state index is 0.0192. The number of hydrogen-bond acceptors (Lipinski definition) is 4. The summed E-state index contributed by atoms with van der Waals surface area (Å²) < 4.78 is 5.85. The van der Waals surface area contributed by atoms with Crippen molar-refractivity contribution < 1.29 is 19.4 Å². The number of carbonyl (C=O) groups excluding carboxylic acids is 1. The summed E-state index contributed by atoms with van der Waals surface area (Å²) in [5, 5.41) is 9.93. The summed E-state index contributed by atoms with van der Waals surface area (Å²) in [5.74, 6) is -1.39. The number of carboxylic acids is 1. The number of aliphatic carboxylic acids is 1. The van der Waals surface area contributed by atoms with Gasteiger partial charge in [-0.1, -0.05) is 17.7 Å². The molecule has 0 radical (unpaired) electrons. The Hall–Kier alpha value is -1.63. The molecule has 2 aliphatic rings. The standard InChI is InChI=1S/C16H19ClN2O4/c1-18-7-5-16(6-8-18)19(13(10-23-16)15(21)22)14(20)11-3-2-4-12(17)9-11/h2-4,9,13H,5-8,10H2,1H3,(H,21,22)/t13-/m0/s1. The number of ether oxygens (including phenoxy) is 1. The fourth-order valence-electron chi connectivity index (χ4n) is 3.28. The molecule has 2 aliphatic heterocycles. The van der Waals surface area contributed by atoms with Crippen LogP contribution >= 0.6 is 11.6 Å². The van der Waals surface area contributed by atoms with E-state index in [-0.39, 0.29) is 12.5 Å². The summed E-state index contributed by atoms with van der Waals surface area (Å²) in [4.78, 5) is 28.1. The van der Waals surface area contributed by atoms with Crippen LogP contribution in [0.2, 0.25) is 5.02 Å². The van der Waals surface area contributed by atoms with E-state index in [0.717, 1.165) is 13.1 Å². The van der Waals surface area contributed by atoms with Gasteiger partial charge in [-0.05, 0) is 25.2 Å². The first-order chi connectivity index (χ1) is 10.9. The van der Waals surface area contributed by atoms with E-state index < -0.39 is 17.7 Å². The molecule has 0 aliphatic carbocycles. The molecule has 2 saturated heterocycles. The average molecular weight is 339 g/mol. The number of likely N-dealkylation sites (tertiary alicyclic amines) is 1. The maximum Gasteiger partial charge on any atom is 0.328 e. The molecule has 1 amide bonds. The molecule has 23 heavy (non-hydrogen) atoms. The smallest absolute Gasteiger partial charge is 0.328 e. The number of nitrogens with zero attached hydrogens (tertiary/aromatic N) is 2. The molecule has 1 aromatic carbocycles. The molecule has 2 fully saturated rings. The lowest BCUT2D eigenvalue weighted by molar-refractivity contribution is -0.143. The molecule has 7 heteroatoms. The molecule has 0 saturated carbocycles. The molecule has 124 valence electrons. The number of amides is 1. The van der Waals surface area contributed by atoms with Gasteiger partial charge in [0.05, 0.1) is 6.61 Å². The van der Waals surface area contributed by atoms with Crippen molar-refractivity contribution in [2.75, 3.05) is 26.7 Å². The first-order valence-electron chi connectivity index (χ1n) is 7.57. The molecule has 3 rings (SSSR count). The van der Waals surface area contributed by atoms with Crippen LogP contribution < -0.4 is 0 Å². The van der Waals surface area contributed by atoms with Crippen LogP contribution in [0.25, 0.3) is 0 Å². The van der Waals surface area contributed by atoms with E-state index in [1.165, 1.54) is 4.90 Å². The van der Waals surface area contributed by atoms with E-state index in [9.17, 15) is 14.7 Å². The Bertz CT molecular complexity index is 628. The van der Waals surface area contributed by atoms with Crippen molar-refractivity contribution in [2.45, 2.75) is 24.6 Å². The predicted octanol–water partition coefficient (Wildman–Crippen LogP) is 1.69. The zero-order valence-corrected chi connectivity index (χ0v) is 13.6. The lowest BCUT2D eigenvalue weighted by Gasteiger charge is -2.43. The summed E-state index contributed by atoms with van der Waals surface area (Å²) >= 11 is 5.97. The van der Waals surface area contributed by atoms with Crippen molar-refractivity contribution in [3.05, 3.63) is 34.9 Å². The first kappa shape index (κ1) is 16.2. The van der Waals surface area contributed by atoms with Gasteiger partial charge in [-0.15, -0.1) is 0 Å². The van der Waals surface area contributed by atoms with Crippen molar-refractivity contribution >= 4 is 23.5 Å². The van der Waals surface area contributed by atoms with Crippen LogP contribution in [0.4, 0.5) is 0 Å². The average Bonchev–Trinajstić information content (AvgIpc) is 2.89. The third-order valence-electron chi connectivity index (χ3n) is 4.60. The van der Waals surface area contributed by atoms with Gasteiger partial charge in [0.2, 0.25) is 0 Å². The summed E-state index contributed by atoms with van der Waals surface area (Å²) in [6.45, 7) is 1.53. The Morgan fingerprint density at radius 1 is 1.35 bits per heavy atom. The van der Waals surface area contributed by atoms with Gasteiger partial charge in [0.25, 0.3) is 5.91 Å². The molecule has 0 aromatic heterocycles. The van der Waals surface area contributed by atoms with Crippen molar-refractivity contribution in [2.24, 2.45) is 0 Å². The second-order valence-electron chi connectivity index (χ2n) is 6.10. The highest BCUT2D eigenvalue weighted by Gasteiger charge is 2.53. The van der Waals surface area contributed by atoms with Crippen LogP contribution in [0, 0.1) is 0 Å². The first-order valence-corrected chi connectivity index (χ1v) is 7.95. The molecule has 1 aromatic rings. The summed E-state index contributed by atoms with van der Waals surface area (Å²) in [7, 11) is 2.00. The summed E-state index contributed by atoms with van der Waals surface area (Å²) in [6.07, 6.45) is 1.19. The highest BCUT2D eigenvalue weighted by atomic mass is 35.5. The van der Waals surface area contributed by atoms with E-state index in [4.69, 9.17) is 16.3 Å². The second-order valence-corrected chi connectivity index (χ2v) is 6.54. The molecule has 6 nitrogen and oxygen atoms in total. The molecule has 2 heterocycles. The van der Waals surface area contributed by atoms with E-state index in [1.54, 1.807) is 24.3 Å². The quantitative estimate of drug-likeness (QED) is 0.888. The van der Waals surface area contributed by atoms with Crippen LogP contribution in [0.5, 0.6) is 0 Å². The van der Waals surface area contributed by atoms with Crippen molar-refractivity contribution in [3.63, 3.8) is 0 Å². The number of carboxylic acid groups (broad SMARTS) is 1. The zero-order valence-electron chi connectivity index (χ0n) is 12.9. The Morgan fingerprint density at radius 2 is 2.04 bits per heavy atom. The van der Waals surface area contributed by atoms with Crippen LogP contribution in [0.15, 0.2) is 24.3 Å². The van der Waals surface area contributed by atoms with Crippen molar-refractivity contribution in [1.29, 1.82) is 0 Å². The van der Waals surface area contributed by atoms with Gasteiger partial charge in [0.1, 0.15) is 5.72 Å². The molecule has 1 N–H and O–H groups in total. The minimum Gasteiger partial charge on any atom is -0.480 e. The zero-order chi connectivity index (χ0) is 16.6. The molecule has 1 atom stereocenters. The van der Waals surface area contributed by atoms with Gasteiger partial charge in [-0.2, -0.15) is 0 Å². The van der Waals surface area contributed by atoms with E-state index in [2.05, 4.69) is 4.90 Å². The third-order valence-corrected chi connectivity index (χ3v) is 4.84. The van der Waals surface area contributed by atoms with Crippen LogP contribution in [-0.2, 0) is 9.53 Å². The maximum absolute atomic E-state index is 13.0. The van der Waals surface area contributed by atoms with Crippen LogP contribution in [-0.4, -0.2) is 65.3 Å². The van der Waals surface area contributed by atoms with Gasteiger partial charge in [-0.3, -0.25) is 9.69 Å². The van der Waals surface area contributed by atoms with Gasteiger partial charge in [0, 0.05) is 36.5 Å². The Balaban J connectivity index is 1.96. The van der Waals surface area contributed by atoms with Gasteiger partial charge >= 0.3 is 5.97 Å². The summed E-state index contributed by atoms with van der Waals surface area (Å²) in [5.41, 5.74) is -0.456. The SMILES string of the molecule is CN1CCC2(CC1)OC[C@@H](C(=O)O)N2C(=O)c1cccc(Cl)c1. The lowest BCUT2D eigenvalue weighted by atomic mass is 9.97. The molecule has 0 unspecified atom stereocenters. The number of halogens is 1. The fourth-order valence-corrected chi connectivity index (χ4v) is 3.47. The highest BCUT2D eigenvalue weighted by molar-refractivity contribution is 6.31. The number of benzene rings is 1. The van der Waals surface area contributed by atoms with Gasteiger partial charge in [-0.25, -0.2) is 4.79 Å². The minimum atomic E-state index is -1.05.